The van der Waals surface area contributed by atoms with Gasteiger partial charge in [0.1, 0.15) is 11.0 Å². The summed E-state index contributed by atoms with van der Waals surface area (Å²) in [6.07, 6.45) is 0.822. The molecule has 0 aromatic heterocycles. The Bertz CT molecular complexity index is 674. The molecule has 0 fully saturated rings. The van der Waals surface area contributed by atoms with Crippen LogP contribution in [0.2, 0.25) is 0 Å². The Morgan fingerprint density at radius 3 is 2.63 bits per heavy atom. The van der Waals surface area contributed by atoms with Crippen molar-refractivity contribution in [2.75, 3.05) is 12.9 Å². The molecule has 0 amide bonds. The van der Waals surface area contributed by atoms with E-state index in [1.807, 2.05) is 0 Å². The summed E-state index contributed by atoms with van der Waals surface area (Å²) < 4.78 is 27.2. The molecule has 0 saturated heterocycles. The molecule has 1 aromatic rings. The molecular formula is C10H8N2O6S. The number of hydrogen-bond acceptors (Lipinski definition) is 7. The summed E-state index contributed by atoms with van der Waals surface area (Å²) in [6, 6.07) is 4.41. The first-order chi connectivity index (χ1) is 8.77. The number of carbonyl (C=O) groups is 1. The lowest BCUT2D eigenvalue weighted by Gasteiger charge is -2.03. The van der Waals surface area contributed by atoms with Crippen molar-refractivity contribution in [1.29, 1.82) is 5.26 Å². The Balaban J connectivity index is 3.29. The Hall–Kier alpha value is -2.47. The molecule has 0 unspecified atom stereocenters. The Morgan fingerprint density at radius 1 is 1.53 bits per heavy atom. The molecule has 0 aliphatic rings. The second kappa shape index (κ2) is 5.45. The van der Waals surface area contributed by atoms with Gasteiger partial charge in [0.25, 0.3) is 5.69 Å². The van der Waals surface area contributed by atoms with Gasteiger partial charge in [-0.25, -0.2) is 13.2 Å². The summed E-state index contributed by atoms with van der Waals surface area (Å²) in [7, 11) is -3.78. The predicted molar refractivity (Wildman–Crippen MR) is 62.1 cm³/mol. The average molecular weight is 284 g/mol. The van der Waals surface area contributed by atoms with E-state index < -0.39 is 37.9 Å². The number of nitriles is 1. The van der Waals surface area contributed by atoms with E-state index in [-0.39, 0.29) is 5.56 Å². The number of rotatable bonds is 4. The maximum Gasteiger partial charge on any atom is 0.339 e. The lowest BCUT2D eigenvalue weighted by atomic mass is 10.2. The summed E-state index contributed by atoms with van der Waals surface area (Å²) in [4.78, 5) is 20.8. The van der Waals surface area contributed by atoms with Crippen LogP contribution in [0.4, 0.5) is 5.69 Å². The molecule has 1 aromatic carbocycles. The molecule has 0 aliphatic carbocycles. The SMILES string of the molecule is CS(=O)(=O)c1ccc(C(=O)OCC#N)cc1[N+](=O)[O-]. The summed E-state index contributed by atoms with van der Waals surface area (Å²) in [5, 5.41) is 19.0. The summed E-state index contributed by atoms with van der Waals surface area (Å²) in [6.45, 7) is -0.500. The number of esters is 1. The van der Waals surface area contributed by atoms with Crippen molar-refractivity contribution in [2.45, 2.75) is 4.90 Å². The van der Waals surface area contributed by atoms with Gasteiger partial charge in [-0.1, -0.05) is 0 Å². The third-order valence-electron chi connectivity index (χ3n) is 2.06. The smallest absolute Gasteiger partial charge is 0.339 e. The zero-order chi connectivity index (χ0) is 14.6. The monoisotopic (exact) mass is 284 g/mol. The third-order valence-corrected chi connectivity index (χ3v) is 3.20. The van der Waals surface area contributed by atoms with Crippen LogP contribution in [0.3, 0.4) is 0 Å². The maximum absolute atomic E-state index is 11.4. The highest BCUT2D eigenvalue weighted by atomic mass is 32.2. The average Bonchev–Trinajstić information content (AvgIpc) is 2.34. The van der Waals surface area contributed by atoms with Crippen molar-refractivity contribution in [3.05, 3.63) is 33.9 Å². The number of nitro benzene ring substituents is 1. The van der Waals surface area contributed by atoms with E-state index in [9.17, 15) is 23.3 Å². The minimum absolute atomic E-state index is 0.200. The zero-order valence-corrected chi connectivity index (χ0v) is 10.5. The maximum atomic E-state index is 11.4. The van der Waals surface area contributed by atoms with Gasteiger partial charge in [-0.05, 0) is 12.1 Å². The van der Waals surface area contributed by atoms with Crippen LogP contribution in [0.1, 0.15) is 10.4 Å². The van der Waals surface area contributed by atoms with Crippen molar-refractivity contribution in [3.63, 3.8) is 0 Å². The van der Waals surface area contributed by atoms with Gasteiger partial charge in [0.05, 0.1) is 10.5 Å². The van der Waals surface area contributed by atoms with E-state index in [1.165, 1.54) is 0 Å². The molecule has 19 heavy (non-hydrogen) atoms. The first-order valence-electron chi connectivity index (χ1n) is 4.80. The first kappa shape index (κ1) is 14.6. The van der Waals surface area contributed by atoms with Gasteiger partial charge in [-0.15, -0.1) is 0 Å². The molecule has 0 bridgehead atoms. The summed E-state index contributed by atoms with van der Waals surface area (Å²) >= 11 is 0. The third kappa shape index (κ3) is 3.49. The van der Waals surface area contributed by atoms with Gasteiger partial charge in [0.2, 0.25) is 0 Å². The number of nitro groups is 1. The lowest BCUT2D eigenvalue weighted by Crippen LogP contribution is -2.08. The Morgan fingerprint density at radius 2 is 2.16 bits per heavy atom. The molecule has 0 radical (unpaired) electrons. The fourth-order valence-electron chi connectivity index (χ4n) is 1.28. The number of hydrogen-bond donors (Lipinski definition) is 0. The highest BCUT2D eigenvalue weighted by Gasteiger charge is 2.24. The van der Waals surface area contributed by atoms with Crippen molar-refractivity contribution in [1.82, 2.24) is 0 Å². The van der Waals surface area contributed by atoms with Crippen LogP contribution in [-0.4, -0.2) is 32.2 Å². The standard InChI is InChI=1S/C10H8N2O6S/c1-19(16,17)9-3-2-7(6-8(9)12(14)15)10(13)18-5-4-11/h2-3,6H,5H2,1H3. The van der Waals surface area contributed by atoms with Gasteiger partial charge >= 0.3 is 5.97 Å². The highest BCUT2D eigenvalue weighted by molar-refractivity contribution is 7.90. The molecule has 1 rings (SSSR count). The van der Waals surface area contributed by atoms with E-state index in [1.54, 1.807) is 6.07 Å². The summed E-state index contributed by atoms with van der Waals surface area (Å²) in [5.74, 6) is -0.940. The van der Waals surface area contributed by atoms with Gasteiger partial charge < -0.3 is 4.74 Å². The van der Waals surface area contributed by atoms with Gasteiger partial charge in [0, 0.05) is 12.3 Å². The van der Waals surface area contributed by atoms with Crippen molar-refractivity contribution in [3.8, 4) is 6.07 Å². The van der Waals surface area contributed by atoms with Gasteiger partial charge in [0.15, 0.2) is 16.4 Å². The molecule has 0 spiro atoms. The number of sulfone groups is 1. The number of carbonyl (C=O) groups excluding carboxylic acids is 1. The van der Waals surface area contributed by atoms with Crippen LogP contribution in [0, 0.1) is 21.4 Å². The highest BCUT2D eigenvalue weighted by Crippen LogP contribution is 2.25. The Kier molecular flexibility index (Phi) is 4.18. The van der Waals surface area contributed by atoms with Crippen LogP contribution < -0.4 is 0 Å². The normalized spacial score (nSPS) is 10.5. The van der Waals surface area contributed by atoms with Crippen molar-refractivity contribution in [2.24, 2.45) is 0 Å². The number of ether oxygens (including phenoxy) is 1. The molecule has 0 atom stereocenters. The molecule has 0 aliphatic heterocycles. The molecular weight excluding hydrogens is 276 g/mol. The van der Waals surface area contributed by atoms with Gasteiger partial charge in [-0.2, -0.15) is 5.26 Å². The molecule has 100 valence electrons. The largest absolute Gasteiger partial charge is 0.447 e. The van der Waals surface area contributed by atoms with Crippen LogP contribution in [0.15, 0.2) is 23.1 Å². The molecule has 0 heterocycles. The second-order valence-electron chi connectivity index (χ2n) is 3.45. The van der Waals surface area contributed by atoms with Gasteiger partial charge in [-0.3, -0.25) is 10.1 Å². The zero-order valence-electron chi connectivity index (χ0n) is 9.69. The quantitative estimate of drug-likeness (QED) is 0.451. The van der Waals surface area contributed by atoms with E-state index in [4.69, 9.17) is 5.26 Å². The van der Waals surface area contributed by atoms with E-state index in [0.717, 1.165) is 24.5 Å². The first-order valence-corrected chi connectivity index (χ1v) is 6.69. The number of nitrogens with zero attached hydrogens (tertiary/aromatic N) is 2. The molecule has 0 N–H and O–H groups in total. The van der Waals surface area contributed by atoms with E-state index in [2.05, 4.69) is 4.74 Å². The van der Waals surface area contributed by atoms with Crippen LogP contribution in [0.25, 0.3) is 0 Å². The Labute approximate surface area is 108 Å². The van der Waals surface area contributed by atoms with Crippen molar-refractivity contribution < 1.29 is 22.9 Å². The molecule has 8 nitrogen and oxygen atoms in total. The van der Waals surface area contributed by atoms with E-state index >= 15 is 0 Å². The minimum Gasteiger partial charge on any atom is -0.447 e. The van der Waals surface area contributed by atoms with Crippen LogP contribution in [0.5, 0.6) is 0 Å². The topological polar surface area (TPSA) is 127 Å². The lowest BCUT2D eigenvalue weighted by molar-refractivity contribution is -0.387. The molecule has 0 saturated carbocycles. The fraction of sp³-hybridized carbons (Fsp3) is 0.200. The van der Waals surface area contributed by atoms with E-state index in [0.29, 0.717) is 0 Å². The minimum atomic E-state index is -3.78. The van der Waals surface area contributed by atoms with Crippen molar-refractivity contribution >= 4 is 21.5 Å². The molecule has 9 heteroatoms. The predicted octanol–water partition coefficient (Wildman–Crippen LogP) is 0.679. The van der Waals surface area contributed by atoms with Crippen LogP contribution in [-0.2, 0) is 14.6 Å². The van der Waals surface area contributed by atoms with Crippen LogP contribution >= 0.6 is 0 Å². The number of benzene rings is 1. The second-order valence-corrected chi connectivity index (χ2v) is 5.43. The fourth-order valence-corrected chi connectivity index (χ4v) is 2.11. The summed E-state index contributed by atoms with van der Waals surface area (Å²) in [5.41, 5.74) is -0.914.